The maximum atomic E-state index is 10.7. The number of nitrogens with zero attached hydrogens (tertiary/aromatic N) is 1. The highest BCUT2D eigenvalue weighted by Crippen LogP contribution is 2.28. The molecule has 2 rings (SSSR count). The van der Waals surface area contributed by atoms with E-state index in [4.69, 9.17) is 11.6 Å². The molecule has 0 spiro atoms. The maximum absolute atomic E-state index is 10.7. The van der Waals surface area contributed by atoms with Crippen LogP contribution in [0.1, 0.15) is 4.88 Å². The molecule has 0 aliphatic carbocycles. The van der Waals surface area contributed by atoms with Gasteiger partial charge in [0.2, 0.25) is 0 Å². The fourth-order valence-electron chi connectivity index (χ4n) is 1.40. The predicted molar refractivity (Wildman–Crippen MR) is 77.5 cm³/mol. The molecule has 1 aromatic carbocycles. The number of nitrogens with one attached hydrogen (secondary N) is 1. The van der Waals surface area contributed by atoms with Gasteiger partial charge in [-0.2, -0.15) is 0 Å². The van der Waals surface area contributed by atoms with Crippen molar-refractivity contribution in [1.82, 2.24) is 0 Å². The van der Waals surface area contributed by atoms with Crippen LogP contribution >= 0.6 is 38.9 Å². The molecule has 0 bridgehead atoms. The molecule has 2 aromatic rings. The minimum absolute atomic E-state index is 0.0553. The fourth-order valence-corrected chi connectivity index (χ4v) is 2.94. The third kappa shape index (κ3) is 3.22. The van der Waals surface area contributed by atoms with Gasteiger partial charge in [-0.05, 0) is 34.1 Å². The lowest BCUT2D eigenvalue weighted by atomic mass is 10.3. The highest BCUT2D eigenvalue weighted by Gasteiger charge is 2.11. The largest absolute Gasteiger partial charge is 0.380 e. The second-order valence-electron chi connectivity index (χ2n) is 3.51. The topological polar surface area (TPSA) is 55.2 Å². The molecule has 18 heavy (non-hydrogen) atoms. The molecule has 0 fully saturated rings. The van der Waals surface area contributed by atoms with Crippen molar-refractivity contribution in [2.75, 3.05) is 5.32 Å². The Labute approximate surface area is 121 Å². The van der Waals surface area contributed by atoms with Crippen molar-refractivity contribution in [3.63, 3.8) is 0 Å². The van der Waals surface area contributed by atoms with Crippen LogP contribution < -0.4 is 5.32 Å². The highest BCUT2D eigenvalue weighted by molar-refractivity contribution is 9.10. The van der Waals surface area contributed by atoms with Gasteiger partial charge in [0.05, 0.1) is 14.4 Å². The van der Waals surface area contributed by atoms with E-state index >= 15 is 0 Å². The van der Waals surface area contributed by atoms with E-state index in [9.17, 15) is 10.1 Å². The first-order chi connectivity index (χ1) is 8.56. The Morgan fingerprint density at radius 3 is 2.78 bits per heavy atom. The van der Waals surface area contributed by atoms with E-state index in [1.165, 1.54) is 6.07 Å². The van der Waals surface area contributed by atoms with Gasteiger partial charge in [-0.1, -0.05) is 11.6 Å². The smallest absolute Gasteiger partial charge is 0.283 e. The lowest BCUT2D eigenvalue weighted by Crippen LogP contribution is -1.98. The number of benzene rings is 1. The Bertz CT molecular complexity index is 588. The van der Waals surface area contributed by atoms with Gasteiger partial charge >= 0.3 is 0 Å². The molecule has 1 aromatic heterocycles. The number of nitro benzene ring substituents is 1. The van der Waals surface area contributed by atoms with Crippen LogP contribution in [0.3, 0.4) is 0 Å². The standard InChI is InChI=1S/C11H8BrClN2O2S/c12-10-4-8(1-2-11(10)15(16)17)14-5-9-3-7(13)6-18-9/h1-4,6,14H,5H2. The number of nitro groups is 1. The lowest BCUT2D eigenvalue weighted by molar-refractivity contribution is -0.385. The van der Waals surface area contributed by atoms with Gasteiger partial charge in [0.25, 0.3) is 5.69 Å². The van der Waals surface area contributed by atoms with Crippen LogP contribution in [0.15, 0.2) is 34.1 Å². The van der Waals surface area contributed by atoms with Crippen LogP contribution in [-0.2, 0) is 6.54 Å². The van der Waals surface area contributed by atoms with Gasteiger partial charge in [0, 0.05) is 28.6 Å². The molecule has 0 unspecified atom stereocenters. The third-order valence-electron chi connectivity index (χ3n) is 2.23. The van der Waals surface area contributed by atoms with Gasteiger partial charge in [0.1, 0.15) is 0 Å². The summed E-state index contributed by atoms with van der Waals surface area (Å²) in [5.74, 6) is 0. The summed E-state index contributed by atoms with van der Waals surface area (Å²) in [6.45, 7) is 0.641. The molecule has 0 aliphatic rings. The normalized spacial score (nSPS) is 10.3. The number of halogens is 2. The summed E-state index contributed by atoms with van der Waals surface area (Å²) in [5.41, 5.74) is 0.872. The average molecular weight is 348 g/mol. The first kappa shape index (κ1) is 13.3. The Morgan fingerprint density at radius 1 is 1.44 bits per heavy atom. The van der Waals surface area contributed by atoms with E-state index in [0.29, 0.717) is 11.0 Å². The van der Waals surface area contributed by atoms with Crippen molar-refractivity contribution < 1.29 is 4.92 Å². The quantitative estimate of drug-likeness (QED) is 0.645. The van der Waals surface area contributed by atoms with Crippen LogP contribution in [0.25, 0.3) is 0 Å². The van der Waals surface area contributed by atoms with Crippen LogP contribution in [0.4, 0.5) is 11.4 Å². The van der Waals surface area contributed by atoms with Crippen molar-refractivity contribution in [3.8, 4) is 0 Å². The van der Waals surface area contributed by atoms with Gasteiger partial charge < -0.3 is 5.32 Å². The molecule has 0 atom stereocenters. The van der Waals surface area contributed by atoms with Crippen LogP contribution in [0.5, 0.6) is 0 Å². The molecule has 0 saturated carbocycles. The molecule has 0 saturated heterocycles. The predicted octanol–water partition coefficient (Wildman–Crippen LogP) is 4.68. The highest BCUT2D eigenvalue weighted by atomic mass is 79.9. The molecule has 0 aliphatic heterocycles. The average Bonchev–Trinajstić information content (AvgIpc) is 2.72. The second kappa shape index (κ2) is 5.69. The van der Waals surface area contributed by atoms with Gasteiger partial charge in [-0.15, -0.1) is 11.3 Å². The third-order valence-corrected chi connectivity index (χ3v) is 4.15. The zero-order chi connectivity index (χ0) is 13.1. The number of thiophene rings is 1. The van der Waals surface area contributed by atoms with Crippen LogP contribution in [0.2, 0.25) is 5.02 Å². The molecule has 4 nitrogen and oxygen atoms in total. The first-order valence-corrected chi connectivity index (χ1v) is 7.02. The Morgan fingerprint density at radius 2 is 2.22 bits per heavy atom. The van der Waals surface area contributed by atoms with Crippen molar-refractivity contribution >= 4 is 50.2 Å². The van der Waals surface area contributed by atoms with Gasteiger partial charge in [-0.25, -0.2) is 0 Å². The van der Waals surface area contributed by atoms with Crippen molar-refractivity contribution in [1.29, 1.82) is 0 Å². The SMILES string of the molecule is O=[N+]([O-])c1ccc(NCc2cc(Cl)cs2)cc1Br. The summed E-state index contributed by atoms with van der Waals surface area (Å²) >= 11 is 10.6. The minimum Gasteiger partial charge on any atom is -0.380 e. The molecule has 94 valence electrons. The van der Waals surface area contributed by atoms with E-state index in [0.717, 1.165) is 15.6 Å². The molecule has 0 radical (unpaired) electrons. The molecule has 7 heteroatoms. The maximum Gasteiger partial charge on any atom is 0.283 e. The van der Waals surface area contributed by atoms with Gasteiger partial charge in [-0.3, -0.25) is 10.1 Å². The van der Waals surface area contributed by atoms with Crippen LogP contribution in [0, 0.1) is 10.1 Å². The number of rotatable bonds is 4. The first-order valence-electron chi connectivity index (χ1n) is 4.97. The van der Waals surface area contributed by atoms with Crippen molar-refractivity contribution in [3.05, 3.63) is 54.1 Å². The zero-order valence-corrected chi connectivity index (χ0v) is 12.2. The Balaban J connectivity index is 2.06. The molecule has 1 heterocycles. The zero-order valence-electron chi connectivity index (χ0n) is 9.02. The van der Waals surface area contributed by atoms with E-state index in [-0.39, 0.29) is 5.69 Å². The van der Waals surface area contributed by atoms with E-state index in [1.54, 1.807) is 23.5 Å². The van der Waals surface area contributed by atoms with E-state index in [2.05, 4.69) is 21.2 Å². The van der Waals surface area contributed by atoms with E-state index in [1.807, 2.05) is 11.4 Å². The second-order valence-corrected chi connectivity index (χ2v) is 5.79. The summed E-state index contributed by atoms with van der Waals surface area (Å²) in [7, 11) is 0. The summed E-state index contributed by atoms with van der Waals surface area (Å²) in [4.78, 5) is 11.3. The van der Waals surface area contributed by atoms with Crippen LogP contribution in [-0.4, -0.2) is 4.92 Å². The Kier molecular flexibility index (Phi) is 4.21. The monoisotopic (exact) mass is 346 g/mol. The summed E-state index contributed by atoms with van der Waals surface area (Å²) < 4.78 is 0.460. The summed E-state index contributed by atoms with van der Waals surface area (Å²) in [5, 5.41) is 16.4. The van der Waals surface area contributed by atoms with E-state index < -0.39 is 4.92 Å². The van der Waals surface area contributed by atoms with Crippen molar-refractivity contribution in [2.24, 2.45) is 0 Å². The Hall–Kier alpha value is -1.11. The van der Waals surface area contributed by atoms with Gasteiger partial charge in [0.15, 0.2) is 0 Å². The minimum atomic E-state index is -0.424. The number of anilines is 1. The summed E-state index contributed by atoms with van der Waals surface area (Å²) in [6.07, 6.45) is 0. The van der Waals surface area contributed by atoms with Crippen molar-refractivity contribution in [2.45, 2.75) is 6.54 Å². The lowest BCUT2D eigenvalue weighted by Gasteiger charge is -2.05. The molecule has 0 amide bonds. The number of hydrogen-bond donors (Lipinski definition) is 1. The molecule has 1 N–H and O–H groups in total. The summed E-state index contributed by atoms with van der Waals surface area (Å²) in [6, 6.07) is 6.72. The molecular weight excluding hydrogens is 340 g/mol. The molecular formula is C11H8BrClN2O2S. The number of hydrogen-bond acceptors (Lipinski definition) is 4. The fraction of sp³-hybridized carbons (Fsp3) is 0.0909.